The van der Waals surface area contributed by atoms with Crippen LogP contribution in [0.1, 0.15) is 0 Å². The van der Waals surface area contributed by atoms with Crippen LogP contribution in [0.3, 0.4) is 0 Å². The molecule has 0 aliphatic carbocycles. The van der Waals surface area contributed by atoms with Crippen molar-refractivity contribution in [2.75, 3.05) is 13.2 Å². The summed E-state index contributed by atoms with van der Waals surface area (Å²) in [5.74, 6) is -0.360. The quantitative estimate of drug-likeness (QED) is 0.226. The fourth-order valence-corrected chi connectivity index (χ4v) is 0.469. The minimum atomic E-state index is -0.394. The number of rotatable bonds is 4. The number of ether oxygens (including phenoxy) is 1. The average Bonchev–Trinajstić information content (AvgIpc) is 2.16. The smallest absolute Gasteiger partial charge is 0.494 e. The van der Waals surface area contributed by atoms with Gasteiger partial charge in [-0.25, -0.2) is 0 Å². The molecular weight excluding hydrogens is 195 g/mol. The van der Waals surface area contributed by atoms with E-state index in [1.165, 1.54) is 18.3 Å². The fourth-order valence-electron chi connectivity index (χ4n) is 0.469. The Balaban J connectivity index is 0. The summed E-state index contributed by atoms with van der Waals surface area (Å²) >= 11 is 0. The Bertz CT molecular complexity index is 304. The molecule has 0 aromatic heterocycles. The molecule has 0 amide bonds. The van der Waals surface area contributed by atoms with Gasteiger partial charge in [0.1, 0.15) is 24.6 Å². The summed E-state index contributed by atoms with van der Waals surface area (Å²) in [5, 5.41) is 36.4. The van der Waals surface area contributed by atoms with Crippen LogP contribution in [0.5, 0.6) is 0 Å². The van der Waals surface area contributed by atoms with Crippen molar-refractivity contribution in [1.82, 2.24) is 0 Å². The van der Waals surface area contributed by atoms with Crippen molar-refractivity contribution in [3.63, 3.8) is 0 Å². The van der Waals surface area contributed by atoms with Crippen LogP contribution in [-0.4, -0.2) is 18.3 Å². The van der Waals surface area contributed by atoms with Crippen LogP contribution in [0.25, 0.3) is 5.32 Å². The van der Waals surface area contributed by atoms with Crippen molar-refractivity contribution in [1.29, 1.82) is 15.8 Å². The first-order valence-corrected chi connectivity index (χ1v) is 3.18. The first kappa shape index (κ1) is 15.3. The maximum absolute atomic E-state index is 8.38. The summed E-state index contributed by atoms with van der Waals surface area (Å²) < 4.78 is 4.67. The van der Waals surface area contributed by atoms with Crippen LogP contribution in [0.2, 0.25) is 0 Å². The SMILES string of the molecule is N#C[N-]C(OCCO)=C(C#N)C#N.[Na+]. The third-order valence-corrected chi connectivity index (χ3v) is 0.919. The van der Waals surface area contributed by atoms with Gasteiger partial charge < -0.3 is 20.4 Å². The fraction of sp³-hybridized carbons (Fsp3) is 0.286. The van der Waals surface area contributed by atoms with Gasteiger partial charge in [0.2, 0.25) is 0 Å². The minimum absolute atomic E-state index is 0. The molecule has 0 fully saturated rings. The van der Waals surface area contributed by atoms with E-state index in [0.29, 0.717) is 0 Å². The standard InChI is InChI=1S/C7H5N4O2.Na/c8-3-6(4-9)7(11-5-10)13-2-1-12;/h12H,1-2H2;/q-1;+1. The van der Waals surface area contributed by atoms with Crippen LogP contribution in [0.15, 0.2) is 11.5 Å². The second-order valence-corrected chi connectivity index (χ2v) is 1.69. The number of allylic oxidation sites excluding steroid dienone is 1. The van der Waals surface area contributed by atoms with E-state index in [9.17, 15) is 0 Å². The molecular formula is C7H5N4NaO2. The molecule has 0 saturated heterocycles. The number of nitriles is 3. The van der Waals surface area contributed by atoms with Gasteiger partial charge in [-0.05, 0) is 0 Å². The predicted octanol–water partition coefficient (Wildman–Crippen LogP) is -2.89. The number of aliphatic hydroxyl groups excluding tert-OH is 1. The van der Waals surface area contributed by atoms with Gasteiger partial charge in [0.15, 0.2) is 5.57 Å². The van der Waals surface area contributed by atoms with Gasteiger partial charge in [0.05, 0.1) is 6.61 Å². The van der Waals surface area contributed by atoms with Crippen molar-refractivity contribution in [3.8, 4) is 18.3 Å². The van der Waals surface area contributed by atoms with E-state index in [4.69, 9.17) is 20.9 Å². The molecule has 0 saturated carbocycles. The number of hydrogen-bond donors (Lipinski definition) is 1. The maximum Gasteiger partial charge on any atom is 1.00 e. The van der Waals surface area contributed by atoms with E-state index < -0.39 is 5.57 Å². The van der Waals surface area contributed by atoms with Crippen LogP contribution < -0.4 is 29.6 Å². The van der Waals surface area contributed by atoms with Crippen molar-refractivity contribution in [2.24, 2.45) is 0 Å². The second-order valence-electron chi connectivity index (χ2n) is 1.69. The van der Waals surface area contributed by atoms with Crippen LogP contribution >= 0.6 is 0 Å². The second kappa shape index (κ2) is 9.85. The first-order valence-electron chi connectivity index (χ1n) is 3.18. The molecule has 66 valence electrons. The van der Waals surface area contributed by atoms with Crippen LogP contribution in [-0.2, 0) is 4.74 Å². The topological polar surface area (TPSA) is 115 Å². The Morgan fingerprint density at radius 3 is 2.21 bits per heavy atom. The van der Waals surface area contributed by atoms with Gasteiger partial charge in [0.25, 0.3) is 0 Å². The van der Waals surface area contributed by atoms with Gasteiger partial charge in [-0.2, -0.15) is 10.5 Å². The van der Waals surface area contributed by atoms with E-state index in [2.05, 4.69) is 10.1 Å². The molecule has 0 aromatic rings. The van der Waals surface area contributed by atoms with Crippen molar-refractivity contribution < 1.29 is 39.4 Å². The molecule has 0 atom stereocenters. The van der Waals surface area contributed by atoms with E-state index in [1.807, 2.05) is 0 Å². The normalized spacial score (nSPS) is 6.71. The van der Waals surface area contributed by atoms with Crippen molar-refractivity contribution in [2.45, 2.75) is 0 Å². The Morgan fingerprint density at radius 2 is 1.86 bits per heavy atom. The molecule has 0 rings (SSSR count). The van der Waals surface area contributed by atoms with Gasteiger partial charge in [-0.3, -0.25) is 0 Å². The molecule has 0 spiro atoms. The minimum Gasteiger partial charge on any atom is -0.494 e. The molecule has 0 aliphatic rings. The molecule has 6 nitrogen and oxygen atoms in total. The van der Waals surface area contributed by atoms with Gasteiger partial charge in [-0.1, -0.05) is 6.19 Å². The van der Waals surface area contributed by atoms with E-state index in [-0.39, 0.29) is 48.7 Å². The average molecular weight is 200 g/mol. The number of nitrogens with zero attached hydrogens (tertiary/aromatic N) is 4. The molecule has 14 heavy (non-hydrogen) atoms. The molecule has 0 radical (unpaired) electrons. The van der Waals surface area contributed by atoms with E-state index >= 15 is 0 Å². The summed E-state index contributed by atoms with van der Waals surface area (Å²) in [4.78, 5) is 0. The zero-order chi connectivity index (χ0) is 10.1. The molecule has 7 heteroatoms. The summed E-state index contributed by atoms with van der Waals surface area (Å²) in [5.41, 5.74) is -0.394. The van der Waals surface area contributed by atoms with Crippen molar-refractivity contribution >= 4 is 0 Å². The Morgan fingerprint density at radius 1 is 1.29 bits per heavy atom. The zero-order valence-corrected chi connectivity index (χ0v) is 9.56. The Kier molecular flexibility index (Phi) is 10.7. The Hall–Kier alpha value is -1.23. The predicted molar refractivity (Wildman–Crippen MR) is 40.3 cm³/mol. The summed E-state index contributed by atoms with van der Waals surface area (Å²) in [6.45, 7) is -0.401. The molecule has 0 heterocycles. The Labute approximate surface area is 103 Å². The molecule has 0 aromatic carbocycles. The largest absolute Gasteiger partial charge is 1.00 e. The molecule has 0 aliphatic heterocycles. The van der Waals surface area contributed by atoms with Gasteiger partial charge in [-0.15, -0.1) is 0 Å². The summed E-state index contributed by atoms with van der Waals surface area (Å²) in [6, 6.07) is 3.03. The zero-order valence-electron chi connectivity index (χ0n) is 7.56. The first-order chi connectivity index (χ1) is 6.29. The third-order valence-electron chi connectivity index (χ3n) is 0.919. The number of hydrogen-bond acceptors (Lipinski definition) is 5. The monoisotopic (exact) mass is 200 g/mol. The molecule has 0 unspecified atom stereocenters. The summed E-state index contributed by atoms with van der Waals surface area (Å²) in [6.07, 6.45) is 1.38. The molecule has 0 bridgehead atoms. The van der Waals surface area contributed by atoms with E-state index in [0.717, 1.165) is 0 Å². The maximum atomic E-state index is 8.38. The van der Waals surface area contributed by atoms with Gasteiger partial charge in [0, 0.05) is 0 Å². The van der Waals surface area contributed by atoms with Crippen molar-refractivity contribution in [3.05, 3.63) is 16.8 Å². The van der Waals surface area contributed by atoms with Gasteiger partial charge >= 0.3 is 29.6 Å². The number of aliphatic hydroxyl groups is 1. The van der Waals surface area contributed by atoms with Crippen LogP contribution in [0, 0.1) is 34.1 Å². The summed E-state index contributed by atoms with van der Waals surface area (Å²) in [7, 11) is 0. The third kappa shape index (κ3) is 5.42. The van der Waals surface area contributed by atoms with E-state index in [1.54, 1.807) is 0 Å². The molecule has 1 N–H and O–H groups in total. The van der Waals surface area contributed by atoms with Crippen LogP contribution in [0.4, 0.5) is 0 Å².